The maximum atomic E-state index is 11.8. The lowest BCUT2D eigenvalue weighted by Crippen LogP contribution is -2.67. The molecule has 98 valence electrons. The smallest absolute Gasteiger partial charge is 0.410 e. The van der Waals surface area contributed by atoms with E-state index in [0.29, 0.717) is 13.1 Å². The summed E-state index contributed by atoms with van der Waals surface area (Å²) in [6.07, 6.45) is -0.422. The van der Waals surface area contributed by atoms with Gasteiger partial charge < -0.3 is 20.3 Å². The molecule has 0 aromatic rings. The van der Waals surface area contributed by atoms with Crippen LogP contribution in [0.15, 0.2) is 0 Å². The van der Waals surface area contributed by atoms with E-state index in [1.807, 2.05) is 0 Å². The number of hydrogen-bond acceptors (Lipinski definition) is 4. The summed E-state index contributed by atoms with van der Waals surface area (Å²) in [5.41, 5.74) is 0. The van der Waals surface area contributed by atoms with Crippen molar-refractivity contribution in [3.05, 3.63) is 0 Å². The number of nitrogens with one attached hydrogen (secondary N) is 2. The summed E-state index contributed by atoms with van der Waals surface area (Å²) >= 11 is 16.6. The zero-order valence-electron chi connectivity index (χ0n) is 9.09. The lowest BCUT2D eigenvalue weighted by atomic mass is 10.1. The van der Waals surface area contributed by atoms with Crippen LogP contribution in [0.2, 0.25) is 0 Å². The number of fused-ring (bicyclic) bond motifs is 2. The van der Waals surface area contributed by atoms with E-state index >= 15 is 0 Å². The zero-order chi connectivity index (χ0) is 12.5. The number of alkyl halides is 3. The first-order valence-electron chi connectivity index (χ1n) is 5.39. The number of piperazine rings is 2. The molecular formula is C9H14Cl3N3O2. The summed E-state index contributed by atoms with van der Waals surface area (Å²) in [7, 11) is 0. The van der Waals surface area contributed by atoms with E-state index in [1.54, 1.807) is 4.90 Å². The van der Waals surface area contributed by atoms with E-state index in [9.17, 15) is 4.79 Å². The minimum Gasteiger partial charge on any atom is -0.445 e. The van der Waals surface area contributed by atoms with E-state index in [-0.39, 0.29) is 18.7 Å². The molecule has 2 aliphatic rings. The molecule has 2 fully saturated rings. The summed E-state index contributed by atoms with van der Waals surface area (Å²) in [5, 5.41) is 6.72. The minimum atomic E-state index is -1.55. The number of rotatable bonds is 1. The van der Waals surface area contributed by atoms with Gasteiger partial charge >= 0.3 is 6.09 Å². The minimum absolute atomic E-state index is 0.228. The molecule has 2 atom stereocenters. The predicted octanol–water partition coefficient (Wildman–Crippen LogP) is 0.739. The first-order chi connectivity index (χ1) is 7.94. The van der Waals surface area contributed by atoms with Crippen molar-refractivity contribution >= 4 is 40.9 Å². The quantitative estimate of drug-likeness (QED) is 0.702. The van der Waals surface area contributed by atoms with E-state index in [0.717, 1.165) is 13.1 Å². The van der Waals surface area contributed by atoms with E-state index < -0.39 is 9.89 Å². The number of carbonyl (C=O) groups is 1. The van der Waals surface area contributed by atoms with Crippen LogP contribution in [0, 0.1) is 0 Å². The third kappa shape index (κ3) is 4.03. The zero-order valence-corrected chi connectivity index (χ0v) is 11.4. The van der Waals surface area contributed by atoms with Gasteiger partial charge in [-0.05, 0) is 0 Å². The summed E-state index contributed by atoms with van der Waals surface area (Å²) in [6.45, 7) is 2.70. The fourth-order valence-corrected chi connectivity index (χ4v) is 2.27. The first kappa shape index (κ1) is 13.5. The molecule has 2 bridgehead atoms. The Morgan fingerprint density at radius 1 is 1.29 bits per heavy atom. The van der Waals surface area contributed by atoms with Gasteiger partial charge in [0.25, 0.3) is 0 Å². The largest absolute Gasteiger partial charge is 0.445 e. The summed E-state index contributed by atoms with van der Waals surface area (Å²) < 4.78 is 3.40. The molecule has 0 aliphatic carbocycles. The number of nitrogens with zero attached hydrogens (tertiary/aromatic N) is 1. The number of halogens is 3. The molecule has 0 saturated carbocycles. The highest BCUT2D eigenvalue weighted by atomic mass is 35.6. The fraction of sp³-hybridized carbons (Fsp3) is 0.889. The second kappa shape index (κ2) is 5.36. The van der Waals surface area contributed by atoms with Gasteiger partial charge in [-0.15, -0.1) is 0 Å². The molecule has 2 aliphatic heterocycles. The predicted molar refractivity (Wildman–Crippen MR) is 66.8 cm³/mol. The van der Waals surface area contributed by atoms with Crippen molar-refractivity contribution in [3.8, 4) is 0 Å². The number of amides is 1. The van der Waals surface area contributed by atoms with Gasteiger partial charge in [-0.2, -0.15) is 0 Å². The molecule has 2 N–H and O–H groups in total. The Morgan fingerprint density at radius 2 is 1.88 bits per heavy atom. The van der Waals surface area contributed by atoms with Gasteiger partial charge in [0.15, 0.2) is 0 Å². The second-order valence-electron chi connectivity index (χ2n) is 4.29. The third-order valence-corrected chi connectivity index (χ3v) is 3.08. The molecule has 0 aromatic heterocycles. The van der Waals surface area contributed by atoms with E-state index in [1.165, 1.54) is 0 Å². The number of hydrogen-bond donors (Lipinski definition) is 2. The van der Waals surface area contributed by atoms with E-state index in [4.69, 9.17) is 39.5 Å². The average Bonchev–Trinajstić information content (AvgIpc) is 2.24. The maximum absolute atomic E-state index is 11.8. The topological polar surface area (TPSA) is 53.6 Å². The maximum Gasteiger partial charge on any atom is 0.410 e. The van der Waals surface area contributed by atoms with Crippen LogP contribution in [-0.4, -0.2) is 59.7 Å². The Balaban J connectivity index is 1.83. The van der Waals surface area contributed by atoms with E-state index in [2.05, 4.69) is 10.6 Å². The molecule has 17 heavy (non-hydrogen) atoms. The number of carbonyl (C=O) groups excluding carboxylic acids is 1. The lowest BCUT2D eigenvalue weighted by molar-refractivity contribution is 0.0758. The lowest BCUT2D eigenvalue weighted by Gasteiger charge is -2.42. The molecular weight excluding hydrogens is 288 g/mol. The van der Waals surface area contributed by atoms with Gasteiger partial charge in [0, 0.05) is 38.3 Å². The highest BCUT2D eigenvalue weighted by Crippen LogP contribution is 2.26. The van der Waals surface area contributed by atoms with Crippen LogP contribution in [0.4, 0.5) is 4.79 Å². The molecule has 1 amide bonds. The Bertz CT molecular complexity index is 286. The van der Waals surface area contributed by atoms with Gasteiger partial charge in [-0.1, -0.05) is 34.8 Å². The summed E-state index contributed by atoms with van der Waals surface area (Å²) in [6, 6.07) is 0.533. The van der Waals surface area contributed by atoms with Crippen LogP contribution in [0.5, 0.6) is 0 Å². The Hall–Kier alpha value is 0.0600. The second-order valence-corrected chi connectivity index (χ2v) is 6.81. The summed E-state index contributed by atoms with van der Waals surface area (Å²) in [4.78, 5) is 13.4. The molecule has 0 radical (unpaired) electrons. The molecule has 2 heterocycles. The van der Waals surface area contributed by atoms with Crippen molar-refractivity contribution in [2.24, 2.45) is 0 Å². The van der Waals surface area contributed by atoms with Crippen LogP contribution in [0.3, 0.4) is 0 Å². The van der Waals surface area contributed by atoms with Crippen molar-refractivity contribution in [1.29, 1.82) is 0 Å². The van der Waals surface area contributed by atoms with Crippen molar-refractivity contribution in [1.82, 2.24) is 15.5 Å². The first-order valence-corrected chi connectivity index (χ1v) is 6.52. The molecule has 2 saturated heterocycles. The van der Waals surface area contributed by atoms with Crippen molar-refractivity contribution in [2.75, 3.05) is 32.8 Å². The normalized spacial score (nSPS) is 29.0. The Kier molecular flexibility index (Phi) is 4.26. The SMILES string of the molecule is O=C(OCC(Cl)(Cl)Cl)N1CC2CNCC(C1)N2. The van der Waals surface area contributed by atoms with Crippen LogP contribution in [0.1, 0.15) is 0 Å². The van der Waals surface area contributed by atoms with Crippen LogP contribution < -0.4 is 10.6 Å². The molecule has 0 spiro atoms. The number of ether oxygens (including phenoxy) is 1. The standard InChI is InChI=1S/C9H14Cl3N3O2/c10-9(11,12)5-17-8(16)15-3-6-1-13-2-7(4-15)14-6/h6-7,13-14H,1-5H2. The highest BCUT2D eigenvalue weighted by molar-refractivity contribution is 6.67. The van der Waals surface area contributed by atoms with Gasteiger partial charge in [0.2, 0.25) is 3.79 Å². The van der Waals surface area contributed by atoms with Crippen LogP contribution in [0.25, 0.3) is 0 Å². The molecule has 2 rings (SSSR count). The van der Waals surface area contributed by atoms with Gasteiger partial charge in [0.1, 0.15) is 6.61 Å². The van der Waals surface area contributed by atoms with Gasteiger partial charge in [-0.25, -0.2) is 4.79 Å². The Morgan fingerprint density at radius 3 is 2.41 bits per heavy atom. The van der Waals surface area contributed by atoms with Crippen molar-refractivity contribution in [2.45, 2.75) is 15.9 Å². The van der Waals surface area contributed by atoms with Crippen LogP contribution in [-0.2, 0) is 4.74 Å². The average molecular weight is 303 g/mol. The fourth-order valence-electron chi connectivity index (χ4n) is 2.11. The van der Waals surface area contributed by atoms with Gasteiger partial charge in [0.05, 0.1) is 0 Å². The Labute approximate surface area is 115 Å². The van der Waals surface area contributed by atoms with Crippen molar-refractivity contribution in [3.63, 3.8) is 0 Å². The highest BCUT2D eigenvalue weighted by Gasteiger charge is 2.33. The molecule has 0 aromatic carbocycles. The summed E-state index contributed by atoms with van der Waals surface area (Å²) in [5.74, 6) is 0. The molecule has 8 heteroatoms. The molecule has 5 nitrogen and oxygen atoms in total. The molecule has 2 unspecified atom stereocenters. The van der Waals surface area contributed by atoms with Crippen molar-refractivity contribution < 1.29 is 9.53 Å². The monoisotopic (exact) mass is 301 g/mol. The third-order valence-electron chi connectivity index (χ3n) is 2.75. The van der Waals surface area contributed by atoms with Crippen LogP contribution >= 0.6 is 34.8 Å². The van der Waals surface area contributed by atoms with Gasteiger partial charge in [-0.3, -0.25) is 0 Å².